The van der Waals surface area contributed by atoms with Crippen molar-refractivity contribution >= 4 is 0 Å². The number of hydrogen-bond acceptors (Lipinski definition) is 4. The normalized spacial score (nSPS) is 14.5. The first kappa shape index (κ1) is 11.8. The van der Waals surface area contributed by atoms with E-state index in [-0.39, 0.29) is 12.8 Å². The molecule has 4 heteroatoms. The summed E-state index contributed by atoms with van der Waals surface area (Å²) in [4.78, 5) is 0. The molecule has 1 aromatic carbocycles. The van der Waals surface area contributed by atoms with Gasteiger partial charge in [-0.3, -0.25) is 0 Å². The number of ether oxygens (including phenoxy) is 3. The van der Waals surface area contributed by atoms with Gasteiger partial charge in [0.05, 0.1) is 7.11 Å². The van der Waals surface area contributed by atoms with Crippen molar-refractivity contribution in [2.24, 2.45) is 5.73 Å². The summed E-state index contributed by atoms with van der Waals surface area (Å²) in [6.07, 6.45) is 0.739. The molecule has 0 radical (unpaired) electrons. The highest BCUT2D eigenvalue weighted by Crippen LogP contribution is 2.43. The molecule has 4 nitrogen and oxygen atoms in total. The Bertz CT molecular complexity index is 443. The van der Waals surface area contributed by atoms with E-state index in [9.17, 15) is 0 Å². The molecule has 1 aliphatic heterocycles. The average molecular weight is 235 g/mol. The summed E-state index contributed by atoms with van der Waals surface area (Å²) in [6.45, 7) is 6.06. The summed E-state index contributed by atoms with van der Waals surface area (Å²) in [6, 6.07) is 3.69. The highest BCUT2D eigenvalue weighted by Gasteiger charge is 2.21. The molecule has 1 atom stereocenters. The Labute approximate surface area is 101 Å². The largest absolute Gasteiger partial charge is 0.493 e. The molecule has 92 valence electrons. The van der Waals surface area contributed by atoms with Crippen LogP contribution in [0.3, 0.4) is 0 Å². The molecule has 0 fully saturated rings. The minimum absolute atomic E-state index is 0.101. The van der Waals surface area contributed by atoms with Crippen LogP contribution in [0.5, 0.6) is 17.2 Å². The van der Waals surface area contributed by atoms with Crippen molar-refractivity contribution in [2.45, 2.75) is 19.4 Å². The van der Waals surface area contributed by atoms with Crippen LogP contribution in [0.25, 0.3) is 0 Å². The lowest BCUT2D eigenvalue weighted by molar-refractivity contribution is 0.171. The zero-order valence-electron chi connectivity index (χ0n) is 10.2. The minimum Gasteiger partial charge on any atom is -0.493 e. The summed E-state index contributed by atoms with van der Waals surface area (Å²) >= 11 is 0. The van der Waals surface area contributed by atoms with Crippen LogP contribution in [0.1, 0.15) is 24.9 Å². The number of benzene rings is 1. The molecule has 0 saturated carbocycles. The van der Waals surface area contributed by atoms with Gasteiger partial charge in [-0.2, -0.15) is 0 Å². The lowest BCUT2D eigenvalue weighted by Gasteiger charge is -2.14. The van der Waals surface area contributed by atoms with Crippen molar-refractivity contribution in [2.75, 3.05) is 13.9 Å². The first-order chi connectivity index (χ1) is 8.11. The molecule has 1 aliphatic rings. The molecule has 1 heterocycles. The monoisotopic (exact) mass is 235 g/mol. The van der Waals surface area contributed by atoms with Crippen LogP contribution >= 0.6 is 0 Å². The molecular weight excluding hydrogens is 218 g/mol. The lowest BCUT2D eigenvalue weighted by Crippen LogP contribution is -2.10. The average Bonchev–Trinajstić information content (AvgIpc) is 2.74. The van der Waals surface area contributed by atoms with E-state index in [2.05, 4.69) is 6.58 Å². The van der Waals surface area contributed by atoms with Crippen molar-refractivity contribution in [3.8, 4) is 17.2 Å². The number of rotatable bonds is 4. The van der Waals surface area contributed by atoms with Crippen molar-refractivity contribution in [3.05, 3.63) is 29.8 Å². The SMILES string of the molecule is C=C(C)C[C@H](N)c1cc(OC)c2c(c1)OCO2. The lowest BCUT2D eigenvalue weighted by atomic mass is 10.0. The maximum atomic E-state index is 6.10. The van der Waals surface area contributed by atoms with Gasteiger partial charge in [-0.05, 0) is 31.0 Å². The van der Waals surface area contributed by atoms with E-state index in [1.807, 2.05) is 19.1 Å². The Kier molecular flexibility index (Phi) is 3.24. The summed E-state index contributed by atoms with van der Waals surface area (Å²) in [7, 11) is 1.60. The fraction of sp³-hybridized carbons (Fsp3) is 0.385. The van der Waals surface area contributed by atoms with Crippen LogP contribution in [0.15, 0.2) is 24.3 Å². The van der Waals surface area contributed by atoms with Crippen molar-refractivity contribution < 1.29 is 14.2 Å². The third kappa shape index (κ3) is 2.36. The summed E-state index contributed by atoms with van der Waals surface area (Å²) in [5, 5.41) is 0. The quantitative estimate of drug-likeness (QED) is 0.814. The molecule has 0 saturated heterocycles. The molecule has 0 spiro atoms. The fourth-order valence-corrected chi connectivity index (χ4v) is 1.86. The van der Waals surface area contributed by atoms with Gasteiger partial charge < -0.3 is 19.9 Å². The molecule has 0 aromatic heterocycles. The molecule has 17 heavy (non-hydrogen) atoms. The zero-order chi connectivity index (χ0) is 12.4. The summed E-state index contributed by atoms with van der Waals surface area (Å²) in [5.74, 6) is 2.00. The Hall–Kier alpha value is -1.68. The summed E-state index contributed by atoms with van der Waals surface area (Å²) < 4.78 is 16.0. The third-order valence-corrected chi connectivity index (χ3v) is 2.68. The fourth-order valence-electron chi connectivity index (χ4n) is 1.86. The van der Waals surface area contributed by atoms with Gasteiger partial charge in [0.2, 0.25) is 12.5 Å². The van der Waals surface area contributed by atoms with Crippen molar-refractivity contribution in [3.63, 3.8) is 0 Å². The molecule has 2 N–H and O–H groups in total. The molecule has 2 rings (SSSR count). The predicted molar refractivity (Wildman–Crippen MR) is 65.5 cm³/mol. The first-order valence-corrected chi connectivity index (χ1v) is 5.49. The Morgan fingerprint density at radius 2 is 2.29 bits per heavy atom. The van der Waals surface area contributed by atoms with Gasteiger partial charge in [0, 0.05) is 6.04 Å². The Balaban J connectivity index is 2.33. The molecule has 1 aromatic rings. The van der Waals surface area contributed by atoms with Crippen LogP contribution in [-0.2, 0) is 0 Å². The molecular formula is C13H17NO3. The second-order valence-electron chi connectivity index (χ2n) is 4.22. The maximum absolute atomic E-state index is 6.10. The van der Waals surface area contributed by atoms with Crippen LogP contribution in [-0.4, -0.2) is 13.9 Å². The number of fused-ring (bicyclic) bond motifs is 1. The van der Waals surface area contributed by atoms with Gasteiger partial charge in [-0.15, -0.1) is 6.58 Å². The predicted octanol–water partition coefficient (Wildman–Crippen LogP) is 2.39. The molecule has 0 unspecified atom stereocenters. The number of nitrogens with two attached hydrogens (primary N) is 1. The second-order valence-corrected chi connectivity index (χ2v) is 4.22. The van der Waals surface area contributed by atoms with Crippen LogP contribution in [0.2, 0.25) is 0 Å². The van der Waals surface area contributed by atoms with Gasteiger partial charge >= 0.3 is 0 Å². The smallest absolute Gasteiger partial charge is 0.231 e. The van der Waals surface area contributed by atoms with E-state index < -0.39 is 0 Å². The Morgan fingerprint density at radius 1 is 1.53 bits per heavy atom. The van der Waals surface area contributed by atoms with E-state index in [0.29, 0.717) is 17.2 Å². The van der Waals surface area contributed by atoms with Gasteiger partial charge in [-0.1, -0.05) is 5.57 Å². The van der Waals surface area contributed by atoms with E-state index in [1.54, 1.807) is 7.11 Å². The Morgan fingerprint density at radius 3 is 2.94 bits per heavy atom. The zero-order valence-corrected chi connectivity index (χ0v) is 10.2. The third-order valence-electron chi connectivity index (χ3n) is 2.68. The minimum atomic E-state index is -0.101. The molecule has 0 aliphatic carbocycles. The highest BCUT2D eigenvalue weighted by atomic mass is 16.7. The number of methoxy groups -OCH3 is 1. The van der Waals surface area contributed by atoms with Gasteiger partial charge in [0.25, 0.3) is 0 Å². The topological polar surface area (TPSA) is 53.7 Å². The van der Waals surface area contributed by atoms with Crippen LogP contribution in [0, 0.1) is 0 Å². The van der Waals surface area contributed by atoms with Crippen LogP contribution < -0.4 is 19.9 Å². The van der Waals surface area contributed by atoms with Gasteiger partial charge in [-0.25, -0.2) is 0 Å². The van der Waals surface area contributed by atoms with Gasteiger partial charge in [0.1, 0.15) is 0 Å². The maximum Gasteiger partial charge on any atom is 0.231 e. The molecule has 0 bridgehead atoms. The second kappa shape index (κ2) is 4.67. The highest BCUT2D eigenvalue weighted by molar-refractivity contribution is 5.55. The van der Waals surface area contributed by atoms with E-state index in [0.717, 1.165) is 17.6 Å². The van der Waals surface area contributed by atoms with Gasteiger partial charge in [0.15, 0.2) is 11.5 Å². The van der Waals surface area contributed by atoms with Crippen molar-refractivity contribution in [1.29, 1.82) is 0 Å². The van der Waals surface area contributed by atoms with Crippen LogP contribution in [0.4, 0.5) is 0 Å². The number of hydrogen-bond donors (Lipinski definition) is 1. The van der Waals surface area contributed by atoms with Crippen molar-refractivity contribution in [1.82, 2.24) is 0 Å². The van der Waals surface area contributed by atoms with E-state index >= 15 is 0 Å². The standard InChI is InChI=1S/C13H17NO3/c1-8(2)4-10(14)9-5-11(15-3)13-12(6-9)16-7-17-13/h5-6,10H,1,4,7,14H2,2-3H3/t10-/m0/s1. The van der Waals surface area contributed by atoms with E-state index in [1.165, 1.54) is 0 Å². The first-order valence-electron chi connectivity index (χ1n) is 5.49. The molecule has 0 amide bonds. The summed E-state index contributed by atoms with van der Waals surface area (Å²) in [5.41, 5.74) is 8.12. The van der Waals surface area contributed by atoms with E-state index in [4.69, 9.17) is 19.9 Å².